The maximum absolute atomic E-state index is 3.94. The summed E-state index contributed by atoms with van der Waals surface area (Å²) in [6.45, 7) is 7.46. The highest BCUT2D eigenvalue weighted by molar-refractivity contribution is 5.30. The summed E-state index contributed by atoms with van der Waals surface area (Å²) in [4.78, 5) is 2.45. The molecule has 0 N–H and O–H groups in total. The van der Waals surface area contributed by atoms with Crippen molar-refractivity contribution in [3.63, 3.8) is 0 Å². The molecule has 86 valence electrons. The zero-order chi connectivity index (χ0) is 11.6. The molecule has 1 aromatic carbocycles. The van der Waals surface area contributed by atoms with E-state index >= 15 is 0 Å². The number of allylic oxidation sites excluding steroid dienone is 1. The van der Waals surface area contributed by atoms with Crippen LogP contribution in [0.25, 0.3) is 0 Å². The van der Waals surface area contributed by atoms with Crippen LogP contribution in [0.1, 0.15) is 25.3 Å². The summed E-state index contributed by atoms with van der Waals surface area (Å²) in [5, 5.41) is 0. The first kappa shape index (κ1) is 11.4. The van der Waals surface area contributed by atoms with Crippen molar-refractivity contribution in [2.45, 2.75) is 31.2 Å². The lowest BCUT2D eigenvalue weighted by molar-refractivity contribution is 0.263. The molecule has 1 fully saturated rings. The second kappa shape index (κ2) is 4.42. The minimum Gasteiger partial charge on any atom is -0.303 e. The molecule has 0 amide bonds. The maximum Gasteiger partial charge on any atom is 0.0164 e. The Morgan fingerprint density at radius 2 is 2.12 bits per heavy atom. The summed E-state index contributed by atoms with van der Waals surface area (Å²) in [6.07, 6.45) is 4.38. The molecule has 1 saturated heterocycles. The first-order chi connectivity index (χ1) is 7.70. The third-order valence-corrected chi connectivity index (χ3v) is 4.23. The monoisotopic (exact) mass is 215 g/mol. The van der Waals surface area contributed by atoms with Gasteiger partial charge in [0.05, 0.1) is 0 Å². The summed E-state index contributed by atoms with van der Waals surface area (Å²) in [7, 11) is 2.22. The van der Waals surface area contributed by atoms with Gasteiger partial charge in [-0.1, -0.05) is 36.4 Å². The fraction of sp³-hybridized carbons (Fsp3) is 0.467. The summed E-state index contributed by atoms with van der Waals surface area (Å²) in [5.74, 6) is 0. The highest BCUT2D eigenvalue weighted by Crippen LogP contribution is 2.42. The highest BCUT2D eigenvalue weighted by Gasteiger charge is 2.43. The Morgan fingerprint density at radius 3 is 2.62 bits per heavy atom. The Balaban J connectivity index is 2.40. The van der Waals surface area contributed by atoms with Crippen LogP contribution < -0.4 is 0 Å². The molecule has 0 aromatic heterocycles. The molecule has 2 atom stereocenters. The molecule has 0 spiro atoms. The lowest BCUT2D eigenvalue weighted by Crippen LogP contribution is -2.38. The third-order valence-electron chi connectivity index (χ3n) is 4.23. The third kappa shape index (κ3) is 1.69. The molecule has 0 aliphatic carbocycles. The van der Waals surface area contributed by atoms with E-state index in [1.807, 2.05) is 0 Å². The van der Waals surface area contributed by atoms with E-state index in [1.54, 1.807) is 0 Å². The van der Waals surface area contributed by atoms with E-state index in [4.69, 9.17) is 0 Å². The zero-order valence-corrected chi connectivity index (χ0v) is 10.3. The van der Waals surface area contributed by atoms with Crippen molar-refractivity contribution in [2.75, 3.05) is 13.6 Å². The van der Waals surface area contributed by atoms with E-state index in [9.17, 15) is 0 Å². The first-order valence-electron chi connectivity index (χ1n) is 6.07. The van der Waals surface area contributed by atoms with Gasteiger partial charge in [-0.05, 0) is 38.9 Å². The summed E-state index contributed by atoms with van der Waals surface area (Å²) < 4.78 is 0. The molecule has 1 aliphatic rings. The molecule has 0 bridgehead atoms. The molecule has 1 heterocycles. The largest absolute Gasteiger partial charge is 0.303 e. The van der Waals surface area contributed by atoms with Crippen LogP contribution in [-0.2, 0) is 5.41 Å². The van der Waals surface area contributed by atoms with E-state index in [-0.39, 0.29) is 5.41 Å². The van der Waals surface area contributed by atoms with Gasteiger partial charge in [-0.3, -0.25) is 0 Å². The zero-order valence-electron chi connectivity index (χ0n) is 10.3. The Hall–Kier alpha value is -1.08. The van der Waals surface area contributed by atoms with Crippen LogP contribution in [0.3, 0.4) is 0 Å². The van der Waals surface area contributed by atoms with Gasteiger partial charge in [0, 0.05) is 11.5 Å². The van der Waals surface area contributed by atoms with Gasteiger partial charge in [0.2, 0.25) is 0 Å². The van der Waals surface area contributed by atoms with E-state index < -0.39 is 0 Å². The molecule has 16 heavy (non-hydrogen) atoms. The van der Waals surface area contributed by atoms with E-state index in [0.717, 1.165) is 6.42 Å². The van der Waals surface area contributed by atoms with Crippen LogP contribution in [-0.4, -0.2) is 24.5 Å². The lowest BCUT2D eigenvalue weighted by atomic mass is 9.72. The van der Waals surface area contributed by atoms with E-state index in [1.165, 1.54) is 18.5 Å². The van der Waals surface area contributed by atoms with Crippen molar-refractivity contribution in [1.29, 1.82) is 0 Å². The van der Waals surface area contributed by atoms with Crippen molar-refractivity contribution in [1.82, 2.24) is 4.90 Å². The van der Waals surface area contributed by atoms with Crippen LogP contribution in [0.15, 0.2) is 43.0 Å². The number of hydrogen-bond acceptors (Lipinski definition) is 1. The summed E-state index contributed by atoms with van der Waals surface area (Å²) in [5.41, 5.74) is 1.74. The Bertz CT molecular complexity index is 357. The van der Waals surface area contributed by atoms with Gasteiger partial charge in [-0.25, -0.2) is 0 Å². The SMILES string of the molecule is C=CCC1(c2ccccc2)CCN(C)C1C. The lowest BCUT2D eigenvalue weighted by Gasteiger charge is -2.35. The van der Waals surface area contributed by atoms with Gasteiger partial charge >= 0.3 is 0 Å². The number of likely N-dealkylation sites (tertiary alicyclic amines) is 1. The number of likely N-dealkylation sites (N-methyl/N-ethyl adjacent to an activating group) is 1. The predicted molar refractivity (Wildman–Crippen MR) is 69.6 cm³/mol. The Labute approximate surface area is 98.8 Å². The number of nitrogens with zero attached hydrogens (tertiary/aromatic N) is 1. The molecule has 1 aliphatic heterocycles. The molecular formula is C15H21N. The van der Waals surface area contributed by atoms with Gasteiger partial charge in [-0.15, -0.1) is 6.58 Å². The molecule has 1 aromatic rings. The van der Waals surface area contributed by atoms with Crippen molar-refractivity contribution >= 4 is 0 Å². The molecule has 0 radical (unpaired) electrons. The fourth-order valence-electron chi connectivity index (χ4n) is 3.00. The van der Waals surface area contributed by atoms with Crippen LogP contribution in [0.2, 0.25) is 0 Å². The second-order valence-corrected chi connectivity index (χ2v) is 4.92. The van der Waals surface area contributed by atoms with Crippen LogP contribution >= 0.6 is 0 Å². The predicted octanol–water partition coefficient (Wildman–Crippen LogP) is 3.22. The van der Waals surface area contributed by atoms with Gasteiger partial charge in [0.15, 0.2) is 0 Å². The van der Waals surface area contributed by atoms with Crippen molar-refractivity contribution in [3.8, 4) is 0 Å². The number of rotatable bonds is 3. The fourth-order valence-corrected chi connectivity index (χ4v) is 3.00. The van der Waals surface area contributed by atoms with Crippen LogP contribution in [0.5, 0.6) is 0 Å². The summed E-state index contributed by atoms with van der Waals surface area (Å²) in [6, 6.07) is 11.5. The standard InChI is InChI=1S/C15H21N/c1-4-10-15(11-12-16(3)13(15)2)14-8-6-5-7-9-14/h4-9,13H,1,10-12H2,2-3H3. The summed E-state index contributed by atoms with van der Waals surface area (Å²) >= 11 is 0. The average Bonchev–Trinajstić information content (AvgIpc) is 2.60. The Kier molecular flexibility index (Phi) is 3.15. The quantitative estimate of drug-likeness (QED) is 0.700. The second-order valence-electron chi connectivity index (χ2n) is 4.92. The highest BCUT2D eigenvalue weighted by atomic mass is 15.2. The van der Waals surface area contributed by atoms with E-state index in [0.29, 0.717) is 6.04 Å². The van der Waals surface area contributed by atoms with E-state index in [2.05, 4.69) is 61.9 Å². The maximum atomic E-state index is 3.94. The minimum absolute atomic E-state index is 0.276. The molecular weight excluding hydrogens is 194 g/mol. The normalized spacial score (nSPS) is 30.5. The van der Waals surface area contributed by atoms with Gasteiger partial charge < -0.3 is 4.90 Å². The number of benzene rings is 1. The topological polar surface area (TPSA) is 3.24 Å². The smallest absolute Gasteiger partial charge is 0.0164 e. The molecule has 1 heteroatoms. The van der Waals surface area contributed by atoms with Gasteiger partial charge in [0.1, 0.15) is 0 Å². The van der Waals surface area contributed by atoms with Gasteiger partial charge in [-0.2, -0.15) is 0 Å². The molecule has 2 rings (SSSR count). The molecule has 0 saturated carbocycles. The number of hydrogen-bond donors (Lipinski definition) is 0. The average molecular weight is 215 g/mol. The van der Waals surface area contributed by atoms with Crippen molar-refractivity contribution in [3.05, 3.63) is 48.6 Å². The van der Waals surface area contributed by atoms with Crippen molar-refractivity contribution < 1.29 is 0 Å². The Morgan fingerprint density at radius 1 is 1.44 bits per heavy atom. The molecule has 2 unspecified atom stereocenters. The van der Waals surface area contributed by atoms with Crippen molar-refractivity contribution in [2.24, 2.45) is 0 Å². The van der Waals surface area contributed by atoms with Crippen LogP contribution in [0.4, 0.5) is 0 Å². The van der Waals surface area contributed by atoms with Gasteiger partial charge in [0.25, 0.3) is 0 Å². The first-order valence-corrected chi connectivity index (χ1v) is 6.07. The van der Waals surface area contributed by atoms with Crippen LogP contribution in [0, 0.1) is 0 Å². The minimum atomic E-state index is 0.276. The molecule has 1 nitrogen and oxygen atoms in total.